The van der Waals surface area contributed by atoms with Crippen molar-refractivity contribution in [1.29, 1.82) is 0 Å². The fourth-order valence-corrected chi connectivity index (χ4v) is 2.64. The minimum Gasteiger partial charge on any atom is -0.389 e. The Morgan fingerprint density at radius 1 is 1.10 bits per heavy atom. The first kappa shape index (κ1) is 16.4. The predicted octanol–water partition coefficient (Wildman–Crippen LogP) is 1.51. The molecule has 1 N–H and O–H groups in total. The molecule has 1 atom stereocenters. The van der Waals surface area contributed by atoms with Crippen molar-refractivity contribution < 1.29 is 9.84 Å². The van der Waals surface area contributed by atoms with Crippen LogP contribution in [0, 0.1) is 6.92 Å². The summed E-state index contributed by atoms with van der Waals surface area (Å²) in [7, 11) is 0. The molecule has 1 aliphatic heterocycles. The lowest BCUT2D eigenvalue weighted by Crippen LogP contribution is -2.48. The number of rotatable bonds is 7. The molecule has 118 valence electrons. The smallest absolute Gasteiger partial charge is 0.0900 e. The van der Waals surface area contributed by atoms with Crippen LogP contribution in [0.2, 0.25) is 0 Å². The van der Waals surface area contributed by atoms with E-state index in [4.69, 9.17) is 4.74 Å². The second kappa shape index (κ2) is 8.49. The zero-order valence-electron chi connectivity index (χ0n) is 13.3. The van der Waals surface area contributed by atoms with Crippen LogP contribution >= 0.6 is 0 Å². The summed E-state index contributed by atoms with van der Waals surface area (Å²) in [5.41, 5.74) is 2.41. The molecule has 2 rings (SSSR count). The maximum absolute atomic E-state index is 10.1. The molecule has 1 fully saturated rings. The number of nitrogens with zero attached hydrogens (tertiary/aromatic N) is 2. The highest BCUT2D eigenvalue weighted by Gasteiger charge is 2.18. The molecule has 0 radical (unpaired) electrons. The molecular weight excluding hydrogens is 264 g/mol. The van der Waals surface area contributed by atoms with E-state index >= 15 is 0 Å². The van der Waals surface area contributed by atoms with Crippen molar-refractivity contribution in [2.75, 3.05) is 45.9 Å². The van der Waals surface area contributed by atoms with E-state index < -0.39 is 6.10 Å². The van der Waals surface area contributed by atoms with Gasteiger partial charge in [0.15, 0.2) is 0 Å². The molecule has 21 heavy (non-hydrogen) atoms. The molecule has 0 amide bonds. The molecular formula is C17H28N2O2. The zero-order valence-corrected chi connectivity index (χ0v) is 13.3. The Balaban J connectivity index is 1.61. The minimum absolute atomic E-state index is 0.399. The van der Waals surface area contributed by atoms with Crippen LogP contribution in [0.5, 0.6) is 0 Å². The van der Waals surface area contributed by atoms with Crippen molar-refractivity contribution in [3.63, 3.8) is 0 Å². The van der Waals surface area contributed by atoms with Crippen LogP contribution < -0.4 is 0 Å². The SMILES string of the molecule is CCN1CCN(C[C@H](O)COCc2ccc(C)cc2)CC1. The Morgan fingerprint density at radius 2 is 1.71 bits per heavy atom. The van der Waals surface area contributed by atoms with Crippen molar-refractivity contribution in [2.45, 2.75) is 26.6 Å². The third kappa shape index (κ3) is 5.75. The number of hydrogen-bond acceptors (Lipinski definition) is 4. The molecule has 1 heterocycles. The number of hydrogen-bond donors (Lipinski definition) is 1. The van der Waals surface area contributed by atoms with Gasteiger partial charge in [0.1, 0.15) is 0 Å². The summed E-state index contributed by atoms with van der Waals surface area (Å²) in [6.07, 6.45) is -0.399. The number of ether oxygens (including phenoxy) is 1. The maximum Gasteiger partial charge on any atom is 0.0900 e. The van der Waals surface area contributed by atoms with Crippen LogP contribution in [0.1, 0.15) is 18.1 Å². The van der Waals surface area contributed by atoms with Gasteiger partial charge in [-0.25, -0.2) is 0 Å². The van der Waals surface area contributed by atoms with E-state index in [2.05, 4.69) is 47.9 Å². The number of aryl methyl sites for hydroxylation is 1. The summed E-state index contributed by atoms with van der Waals surface area (Å²) in [4.78, 5) is 4.77. The molecule has 1 aliphatic rings. The number of aliphatic hydroxyl groups excluding tert-OH is 1. The standard InChI is InChI=1S/C17H28N2O2/c1-3-18-8-10-19(11-9-18)12-17(20)14-21-13-16-6-4-15(2)5-7-16/h4-7,17,20H,3,8-14H2,1-2H3/t17-/m0/s1. The van der Waals surface area contributed by atoms with E-state index in [0.29, 0.717) is 19.8 Å². The normalized spacial score (nSPS) is 18.8. The van der Waals surface area contributed by atoms with Gasteiger partial charge in [0.2, 0.25) is 0 Å². The second-order valence-corrected chi connectivity index (χ2v) is 5.89. The summed E-state index contributed by atoms with van der Waals surface area (Å²) >= 11 is 0. The van der Waals surface area contributed by atoms with Crippen molar-refractivity contribution in [3.8, 4) is 0 Å². The van der Waals surface area contributed by atoms with Gasteiger partial charge in [-0.2, -0.15) is 0 Å². The van der Waals surface area contributed by atoms with Gasteiger partial charge in [0.05, 0.1) is 19.3 Å². The van der Waals surface area contributed by atoms with Gasteiger partial charge in [-0.1, -0.05) is 36.8 Å². The Kier molecular flexibility index (Phi) is 6.64. The van der Waals surface area contributed by atoms with Crippen molar-refractivity contribution in [3.05, 3.63) is 35.4 Å². The van der Waals surface area contributed by atoms with E-state index in [1.165, 1.54) is 5.56 Å². The van der Waals surface area contributed by atoms with Gasteiger partial charge in [-0.3, -0.25) is 4.90 Å². The molecule has 0 saturated carbocycles. The highest BCUT2D eigenvalue weighted by Crippen LogP contribution is 2.06. The quantitative estimate of drug-likeness (QED) is 0.826. The Labute approximate surface area is 128 Å². The molecule has 0 spiro atoms. The number of piperazine rings is 1. The lowest BCUT2D eigenvalue weighted by atomic mass is 10.2. The fourth-order valence-electron chi connectivity index (χ4n) is 2.64. The van der Waals surface area contributed by atoms with Gasteiger partial charge in [-0.15, -0.1) is 0 Å². The molecule has 1 saturated heterocycles. The molecule has 4 nitrogen and oxygen atoms in total. The topological polar surface area (TPSA) is 35.9 Å². The highest BCUT2D eigenvalue weighted by atomic mass is 16.5. The van der Waals surface area contributed by atoms with Crippen LogP contribution in [0.4, 0.5) is 0 Å². The van der Waals surface area contributed by atoms with E-state index in [0.717, 1.165) is 38.3 Å². The van der Waals surface area contributed by atoms with E-state index in [1.807, 2.05) is 0 Å². The molecule has 0 unspecified atom stereocenters. The third-order valence-electron chi connectivity index (χ3n) is 4.08. The van der Waals surface area contributed by atoms with Crippen molar-refractivity contribution >= 4 is 0 Å². The maximum atomic E-state index is 10.1. The Bertz CT molecular complexity index is 400. The van der Waals surface area contributed by atoms with Crippen molar-refractivity contribution in [2.24, 2.45) is 0 Å². The van der Waals surface area contributed by atoms with Gasteiger partial charge in [0.25, 0.3) is 0 Å². The second-order valence-electron chi connectivity index (χ2n) is 5.89. The molecule has 1 aromatic carbocycles. The van der Waals surface area contributed by atoms with Gasteiger partial charge in [0, 0.05) is 32.7 Å². The Morgan fingerprint density at radius 3 is 2.33 bits per heavy atom. The summed E-state index contributed by atoms with van der Waals surface area (Å²) in [6.45, 7) is 11.4. The largest absolute Gasteiger partial charge is 0.389 e. The average Bonchev–Trinajstić information content (AvgIpc) is 2.50. The first-order valence-corrected chi connectivity index (χ1v) is 7.93. The van der Waals surface area contributed by atoms with Crippen LogP contribution in [-0.2, 0) is 11.3 Å². The molecule has 1 aromatic rings. The first-order valence-electron chi connectivity index (χ1n) is 7.93. The minimum atomic E-state index is -0.399. The average molecular weight is 292 g/mol. The fraction of sp³-hybridized carbons (Fsp3) is 0.647. The molecule has 0 aliphatic carbocycles. The van der Waals surface area contributed by atoms with Gasteiger partial charge < -0.3 is 14.7 Å². The third-order valence-corrected chi connectivity index (χ3v) is 4.08. The number of β-amino-alcohol motifs (C(OH)–C–C–N with tert-alkyl or cyclic N) is 1. The highest BCUT2D eigenvalue weighted by molar-refractivity contribution is 5.20. The number of likely N-dealkylation sites (N-methyl/N-ethyl adjacent to an activating group) is 1. The van der Waals surface area contributed by atoms with Crippen LogP contribution in [-0.4, -0.2) is 66.9 Å². The summed E-state index contributed by atoms with van der Waals surface area (Å²) < 4.78 is 5.62. The van der Waals surface area contributed by atoms with E-state index in [-0.39, 0.29) is 0 Å². The monoisotopic (exact) mass is 292 g/mol. The summed E-state index contributed by atoms with van der Waals surface area (Å²) in [5, 5.41) is 10.1. The van der Waals surface area contributed by atoms with Crippen LogP contribution in [0.15, 0.2) is 24.3 Å². The molecule has 0 bridgehead atoms. The first-order chi connectivity index (χ1) is 10.2. The van der Waals surface area contributed by atoms with Gasteiger partial charge >= 0.3 is 0 Å². The lowest BCUT2D eigenvalue weighted by molar-refractivity contribution is 0.00177. The van der Waals surface area contributed by atoms with Crippen LogP contribution in [0.25, 0.3) is 0 Å². The summed E-state index contributed by atoms with van der Waals surface area (Å²) in [5.74, 6) is 0. The van der Waals surface area contributed by atoms with E-state index in [1.54, 1.807) is 0 Å². The number of aliphatic hydroxyl groups is 1. The van der Waals surface area contributed by atoms with Crippen LogP contribution in [0.3, 0.4) is 0 Å². The molecule has 4 heteroatoms. The summed E-state index contributed by atoms with van der Waals surface area (Å²) in [6, 6.07) is 8.32. The lowest BCUT2D eigenvalue weighted by Gasteiger charge is -2.34. The Hall–Kier alpha value is -0.940. The van der Waals surface area contributed by atoms with Gasteiger partial charge in [-0.05, 0) is 19.0 Å². The molecule has 0 aromatic heterocycles. The predicted molar refractivity (Wildman–Crippen MR) is 85.4 cm³/mol. The number of benzene rings is 1. The van der Waals surface area contributed by atoms with E-state index in [9.17, 15) is 5.11 Å². The van der Waals surface area contributed by atoms with Crippen molar-refractivity contribution in [1.82, 2.24) is 9.80 Å². The zero-order chi connectivity index (χ0) is 15.1.